The summed E-state index contributed by atoms with van der Waals surface area (Å²) in [7, 11) is -2.92. The summed E-state index contributed by atoms with van der Waals surface area (Å²) >= 11 is 0. The molecule has 0 aromatic heterocycles. The first-order valence-electron chi connectivity index (χ1n) is 3.11. The van der Waals surface area contributed by atoms with Crippen LogP contribution in [0, 0.1) is 0 Å². The number of hydrogen-bond acceptors (Lipinski definition) is 3. The van der Waals surface area contributed by atoms with Crippen molar-refractivity contribution in [3.8, 4) is 0 Å². The molecule has 0 saturated carbocycles. The van der Waals surface area contributed by atoms with Crippen molar-refractivity contribution in [1.29, 1.82) is 0 Å². The van der Waals surface area contributed by atoms with Gasteiger partial charge in [-0.2, -0.15) is 0 Å². The molecule has 0 saturated heterocycles. The lowest BCUT2D eigenvalue weighted by molar-refractivity contribution is 0.0772. The molecule has 10 heavy (non-hydrogen) atoms. The van der Waals surface area contributed by atoms with Crippen molar-refractivity contribution in [1.82, 2.24) is 0 Å². The molecule has 0 aliphatic carbocycles. The fourth-order valence-corrected chi connectivity index (χ4v) is 1.31. The molecule has 0 aliphatic heterocycles. The summed E-state index contributed by atoms with van der Waals surface area (Å²) in [6.07, 6.45) is 1.46. The van der Waals surface area contributed by atoms with Gasteiger partial charge in [0, 0.05) is 6.26 Å². The molecule has 0 unspecified atom stereocenters. The first-order valence-corrected chi connectivity index (χ1v) is 5.17. The van der Waals surface area contributed by atoms with Crippen molar-refractivity contribution in [2.45, 2.75) is 25.9 Å². The van der Waals surface area contributed by atoms with Crippen LogP contribution in [0.4, 0.5) is 0 Å². The van der Waals surface area contributed by atoms with Crippen molar-refractivity contribution in [3.05, 3.63) is 0 Å². The van der Waals surface area contributed by atoms with Gasteiger partial charge in [0.25, 0.3) is 0 Å². The molecular weight excluding hydrogens is 152 g/mol. The molecule has 0 radical (unpaired) electrons. The molecule has 0 aromatic carbocycles. The fraction of sp³-hybridized carbons (Fsp3) is 1.00. The van der Waals surface area contributed by atoms with Gasteiger partial charge in [0.1, 0.15) is 9.84 Å². The van der Waals surface area contributed by atoms with Crippen molar-refractivity contribution in [2.75, 3.05) is 12.0 Å². The summed E-state index contributed by atoms with van der Waals surface area (Å²) in [5.41, 5.74) is -0.872. The van der Waals surface area contributed by atoms with Crippen LogP contribution in [0.25, 0.3) is 0 Å². The Morgan fingerprint density at radius 2 is 1.80 bits per heavy atom. The van der Waals surface area contributed by atoms with Crippen LogP contribution in [0.15, 0.2) is 0 Å². The van der Waals surface area contributed by atoms with E-state index in [1.54, 1.807) is 13.8 Å². The van der Waals surface area contributed by atoms with Crippen LogP contribution in [0.3, 0.4) is 0 Å². The van der Waals surface area contributed by atoms with Crippen molar-refractivity contribution in [2.24, 2.45) is 0 Å². The van der Waals surface area contributed by atoms with Gasteiger partial charge in [0.15, 0.2) is 0 Å². The van der Waals surface area contributed by atoms with Gasteiger partial charge in [-0.15, -0.1) is 0 Å². The quantitative estimate of drug-likeness (QED) is 0.651. The summed E-state index contributed by atoms with van der Waals surface area (Å²) < 4.78 is 21.1. The topological polar surface area (TPSA) is 54.4 Å². The summed E-state index contributed by atoms with van der Waals surface area (Å²) in [6, 6.07) is 0. The Kier molecular flexibility index (Phi) is 2.86. The largest absolute Gasteiger partial charge is 0.390 e. The first kappa shape index (κ1) is 9.91. The Bertz CT molecular complexity index is 186. The van der Waals surface area contributed by atoms with Crippen molar-refractivity contribution in [3.63, 3.8) is 0 Å². The average Bonchev–Trinajstić information content (AvgIpc) is 1.57. The van der Waals surface area contributed by atoms with Gasteiger partial charge in [0.2, 0.25) is 0 Å². The second-order valence-corrected chi connectivity index (χ2v) is 5.45. The molecule has 0 aliphatic rings. The average molecular weight is 166 g/mol. The Morgan fingerprint density at radius 1 is 1.40 bits per heavy atom. The maximum absolute atomic E-state index is 10.6. The Hall–Kier alpha value is -0.0900. The zero-order valence-electron chi connectivity index (χ0n) is 6.59. The van der Waals surface area contributed by atoms with Gasteiger partial charge in [-0.3, -0.25) is 0 Å². The molecule has 0 spiro atoms. The molecule has 4 heteroatoms. The number of hydrogen-bond donors (Lipinski definition) is 1. The predicted molar refractivity (Wildman–Crippen MR) is 40.6 cm³/mol. The molecule has 0 atom stereocenters. The normalized spacial score (nSPS) is 13.6. The summed E-state index contributed by atoms with van der Waals surface area (Å²) in [5, 5.41) is 9.12. The second kappa shape index (κ2) is 2.88. The van der Waals surface area contributed by atoms with E-state index in [-0.39, 0.29) is 5.75 Å². The van der Waals surface area contributed by atoms with E-state index in [9.17, 15) is 8.42 Å². The third kappa shape index (κ3) is 7.91. The van der Waals surface area contributed by atoms with E-state index in [4.69, 9.17) is 5.11 Å². The van der Waals surface area contributed by atoms with E-state index in [1.165, 1.54) is 6.26 Å². The van der Waals surface area contributed by atoms with Gasteiger partial charge in [0.05, 0.1) is 11.4 Å². The lowest BCUT2D eigenvalue weighted by Crippen LogP contribution is -2.22. The van der Waals surface area contributed by atoms with E-state index in [2.05, 4.69) is 0 Å². The summed E-state index contributed by atoms with van der Waals surface area (Å²) in [5.74, 6) is 0.0521. The minimum atomic E-state index is -2.92. The first-order chi connectivity index (χ1) is 4.21. The Labute approximate surface area is 62.0 Å². The standard InChI is InChI=1S/C6H14O3S/c1-6(2,7)4-5-10(3,8)9/h7H,4-5H2,1-3H3. The fourth-order valence-electron chi connectivity index (χ4n) is 0.435. The van der Waals surface area contributed by atoms with Crippen molar-refractivity contribution < 1.29 is 13.5 Å². The van der Waals surface area contributed by atoms with E-state index in [0.717, 1.165) is 0 Å². The lowest BCUT2D eigenvalue weighted by Gasteiger charge is -2.15. The third-order valence-electron chi connectivity index (χ3n) is 1.08. The van der Waals surface area contributed by atoms with Gasteiger partial charge in [-0.05, 0) is 20.3 Å². The monoisotopic (exact) mass is 166 g/mol. The Balaban J connectivity index is 3.79. The number of rotatable bonds is 3. The lowest BCUT2D eigenvalue weighted by atomic mass is 10.1. The molecule has 3 nitrogen and oxygen atoms in total. The zero-order chi connectivity index (χ0) is 8.41. The third-order valence-corrected chi connectivity index (χ3v) is 2.03. The molecule has 62 valence electrons. The summed E-state index contributed by atoms with van der Waals surface area (Å²) in [6.45, 7) is 3.19. The number of sulfone groups is 1. The van der Waals surface area contributed by atoms with E-state index >= 15 is 0 Å². The molecule has 0 fully saturated rings. The van der Waals surface area contributed by atoms with Crippen molar-refractivity contribution >= 4 is 9.84 Å². The minimum absolute atomic E-state index is 0.0521. The van der Waals surface area contributed by atoms with Crippen LogP contribution in [-0.4, -0.2) is 31.1 Å². The molecule has 0 heterocycles. The predicted octanol–water partition coefficient (Wildman–Crippen LogP) is 0.192. The van der Waals surface area contributed by atoms with Crippen LogP contribution in [0.5, 0.6) is 0 Å². The molecule has 0 aromatic rings. The maximum Gasteiger partial charge on any atom is 0.147 e. The maximum atomic E-state index is 10.6. The van der Waals surface area contributed by atoms with Gasteiger partial charge < -0.3 is 5.11 Å². The van der Waals surface area contributed by atoms with E-state index < -0.39 is 15.4 Å². The van der Waals surface area contributed by atoms with E-state index in [1.807, 2.05) is 0 Å². The van der Waals surface area contributed by atoms with Crippen LogP contribution in [0.1, 0.15) is 20.3 Å². The van der Waals surface area contributed by atoms with Gasteiger partial charge in [-0.1, -0.05) is 0 Å². The molecule has 1 N–H and O–H groups in total. The van der Waals surface area contributed by atoms with Crippen LogP contribution < -0.4 is 0 Å². The molecule has 0 amide bonds. The molecule has 0 rings (SSSR count). The molecular formula is C6H14O3S. The summed E-state index contributed by atoms with van der Waals surface area (Å²) in [4.78, 5) is 0. The van der Waals surface area contributed by atoms with Crippen LogP contribution >= 0.6 is 0 Å². The number of aliphatic hydroxyl groups is 1. The highest BCUT2D eigenvalue weighted by atomic mass is 32.2. The van der Waals surface area contributed by atoms with Gasteiger partial charge >= 0.3 is 0 Å². The van der Waals surface area contributed by atoms with E-state index in [0.29, 0.717) is 6.42 Å². The molecule has 0 bridgehead atoms. The van der Waals surface area contributed by atoms with Gasteiger partial charge in [-0.25, -0.2) is 8.42 Å². The van der Waals surface area contributed by atoms with Crippen LogP contribution in [-0.2, 0) is 9.84 Å². The highest BCUT2D eigenvalue weighted by molar-refractivity contribution is 7.90. The highest BCUT2D eigenvalue weighted by Crippen LogP contribution is 2.07. The second-order valence-electron chi connectivity index (χ2n) is 3.19. The minimum Gasteiger partial charge on any atom is -0.390 e. The SMILES string of the molecule is CC(C)(O)CCS(C)(=O)=O. The van der Waals surface area contributed by atoms with Crippen LogP contribution in [0.2, 0.25) is 0 Å². The zero-order valence-corrected chi connectivity index (χ0v) is 7.40. The highest BCUT2D eigenvalue weighted by Gasteiger charge is 2.15. The smallest absolute Gasteiger partial charge is 0.147 e. The Morgan fingerprint density at radius 3 is 1.90 bits per heavy atom.